The second kappa shape index (κ2) is 9.14. The Balaban J connectivity index is 2.76. The molecule has 0 heterocycles. The van der Waals surface area contributed by atoms with Gasteiger partial charge in [-0.05, 0) is 37.2 Å². The van der Waals surface area contributed by atoms with Crippen molar-refractivity contribution >= 4 is 16.0 Å². The standard InChI is InChI=1S/C14H20N4O4S/c1-3-18(4-2)10-7-11-22-14(19)12-8-5-6-9-13(12)23(20,21)17-16-15/h5-6,8-9H,3-4,7,10-11H2,1-2H3. The van der Waals surface area contributed by atoms with Gasteiger partial charge in [0.05, 0.1) is 17.1 Å². The largest absolute Gasteiger partial charge is 0.462 e. The van der Waals surface area contributed by atoms with Gasteiger partial charge in [-0.3, -0.25) is 0 Å². The van der Waals surface area contributed by atoms with Crippen LogP contribution in [-0.4, -0.2) is 45.5 Å². The van der Waals surface area contributed by atoms with Gasteiger partial charge < -0.3 is 9.64 Å². The number of carbonyl (C=O) groups is 1. The van der Waals surface area contributed by atoms with E-state index in [9.17, 15) is 13.2 Å². The molecule has 126 valence electrons. The fourth-order valence-electron chi connectivity index (χ4n) is 2.02. The van der Waals surface area contributed by atoms with Crippen molar-refractivity contribution in [2.45, 2.75) is 25.2 Å². The molecule has 0 aliphatic heterocycles. The SMILES string of the molecule is CCN(CC)CCCOC(=O)c1ccccc1S(=O)(=O)N=[N+]=[N-]. The van der Waals surface area contributed by atoms with Crippen molar-refractivity contribution < 1.29 is 17.9 Å². The van der Waals surface area contributed by atoms with Crippen molar-refractivity contribution in [3.8, 4) is 0 Å². The summed E-state index contributed by atoms with van der Waals surface area (Å²) in [7, 11) is -4.24. The Labute approximate surface area is 135 Å². The van der Waals surface area contributed by atoms with Gasteiger partial charge in [0, 0.05) is 16.0 Å². The number of carbonyl (C=O) groups excluding carboxylic acids is 1. The Bertz CT molecular complexity index is 680. The molecule has 0 saturated heterocycles. The molecular formula is C14H20N4O4S. The first-order chi connectivity index (χ1) is 11.0. The summed E-state index contributed by atoms with van der Waals surface area (Å²) < 4.78 is 31.5. The Morgan fingerprint density at radius 3 is 2.57 bits per heavy atom. The van der Waals surface area contributed by atoms with Crippen LogP contribution in [0.3, 0.4) is 0 Å². The van der Waals surface area contributed by atoms with E-state index >= 15 is 0 Å². The molecule has 0 N–H and O–H groups in total. The number of azide groups is 1. The average molecular weight is 340 g/mol. The Hall–Kier alpha value is -2.09. The van der Waals surface area contributed by atoms with Crippen LogP contribution in [0.1, 0.15) is 30.6 Å². The summed E-state index contributed by atoms with van der Waals surface area (Å²) in [6.45, 7) is 6.90. The fourth-order valence-corrected chi connectivity index (χ4v) is 2.89. The molecular weight excluding hydrogens is 320 g/mol. The van der Waals surface area contributed by atoms with E-state index in [0.29, 0.717) is 6.42 Å². The molecule has 1 aromatic rings. The van der Waals surface area contributed by atoms with Crippen molar-refractivity contribution in [3.05, 3.63) is 40.3 Å². The van der Waals surface area contributed by atoms with Crippen LogP contribution in [0.2, 0.25) is 0 Å². The monoisotopic (exact) mass is 340 g/mol. The van der Waals surface area contributed by atoms with E-state index < -0.39 is 16.0 Å². The summed E-state index contributed by atoms with van der Waals surface area (Å²) in [4.78, 5) is 16.2. The van der Waals surface area contributed by atoms with E-state index in [2.05, 4.69) is 14.3 Å². The van der Waals surface area contributed by atoms with Gasteiger partial charge in [-0.25, -0.2) is 13.2 Å². The van der Waals surface area contributed by atoms with Crippen molar-refractivity contribution in [1.29, 1.82) is 0 Å². The highest BCUT2D eigenvalue weighted by molar-refractivity contribution is 7.90. The summed E-state index contributed by atoms with van der Waals surface area (Å²) in [6.07, 6.45) is 0.651. The molecule has 9 heteroatoms. The number of benzene rings is 1. The lowest BCUT2D eigenvalue weighted by molar-refractivity contribution is 0.0485. The molecule has 1 aromatic carbocycles. The zero-order chi connectivity index (χ0) is 17.3. The average Bonchev–Trinajstić information content (AvgIpc) is 2.55. The van der Waals surface area contributed by atoms with E-state index in [1.807, 2.05) is 13.8 Å². The highest BCUT2D eigenvalue weighted by Gasteiger charge is 2.21. The maximum atomic E-state index is 12.1. The molecule has 0 atom stereocenters. The van der Waals surface area contributed by atoms with Crippen molar-refractivity contribution in [3.63, 3.8) is 0 Å². The summed E-state index contributed by atoms with van der Waals surface area (Å²) in [6, 6.07) is 5.49. The van der Waals surface area contributed by atoms with Crippen LogP contribution < -0.4 is 0 Å². The zero-order valence-electron chi connectivity index (χ0n) is 13.2. The molecule has 0 aromatic heterocycles. The second-order valence-corrected chi connectivity index (χ2v) is 6.21. The Morgan fingerprint density at radius 1 is 1.30 bits per heavy atom. The summed E-state index contributed by atoms with van der Waals surface area (Å²) in [5.74, 6) is -0.753. The lowest BCUT2D eigenvalue weighted by Gasteiger charge is -2.17. The highest BCUT2D eigenvalue weighted by atomic mass is 32.2. The van der Waals surface area contributed by atoms with Gasteiger partial charge in [0.15, 0.2) is 0 Å². The van der Waals surface area contributed by atoms with Gasteiger partial charge in [-0.1, -0.05) is 26.0 Å². The lowest BCUT2D eigenvalue weighted by atomic mass is 10.2. The molecule has 8 nitrogen and oxygen atoms in total. The number of hydrogen-bond acceptors (Lipinski definition) is 5. The van der Waals surface area contributed by atoms with Crippen LogP contribution in [-0.2, 0) is 14.8 Å². The molecule has 0 unspecified atom stereocenters. The van der Waals surface area contributed by atoms with Crippen LogP contribution in [0.4, 0.5) is 0 Å². The lowest BCUT2D eigenvalue weighted by Crippen LogP contribution is -2.25. The summed E-state index contributed by atoms with van der Waals surface area (Å²) in [5.41, 5.74) is 8.19. The van der Waals surface area contributed by atoms with Gasteiger partial charge in [0.2, 0.25) is 0 Å². The molecule has 0 saturated carbocycles. The second-order valence-electron chi connectivity index (χ2n) is 4.66. The third-order valence-corrected chi connectivity index (χ3v) is 4.47. The van der Waals surface area contributed by atoms with Crippen LogP contribution in [0.5, 0.6) is 0 Å². The first-order valence-electron chi connectivity index (χ1n) is 7.26. The van der Waals surface area contributed by atoms with Crippen LogP contribution in [0.15, 0.2) is 33.7 Å². The molecule has 0 bridgehead atoms. The Kier molecular flexibility index (Phi) is 7.53. The highest BCUT2D eigenvalue weighted by Crippen LogP contribution is 2.19. The molecule has 23 heavy (non-hydrogen) atoms. The smallest absolute Gasteiger partial charge is 0.339 e. The zero-order valence-corrected chi connectivity index (χ0v) is 14.0. The number of esters is 1. The predicted octanol–water partition coefficient (Wildman–Crippen LogP) is 2.57. The third kappa shape index (κ3) is 5.55. The number of sulfonamides is 1. The van der Waals surface area contributed by atoms with Crippen molar-refractivity contribution in [2.75, 3.05) is 26.2 Å². The van der Waals surface area contributed by atoms with Gasteiger partial charge in [-0.2, -0.15) is 0 Å². The minimum Gasteiger partial charge on any atom is -0.462 e. The summed E-state index contributed by atoms with van der Waals surface area (Å²) >= 11 is 0. The molecule has 0 aliphatic carbocycles. The van der Waals surface area contributed by atoms with E-state index in [0.717, 1.165) is 19.6 Å². The normalized spacial score (nSPS) is 11.1. The van der Waals surface area contributed by atoms with Gasteiger partial charge in [0.25, 0.3) is 10.0 Å². The van der Waals surface area contributed by atoms with Crippen LogP contribution in [0, 0.1) is 0 Å². The number of nitrogens with zero attached hydrogens (tertiary/aromatic N) is 4. The molecule has 0 radical (unpaired) electrons. The maximum absolute atomic E-state index is 12.1. The molecule has 0 fully saturated rings. The summed E-state index contributed by atoms with van der Waals surface area (Å²) in [5, 5.41) is 0. The van der Waals surface area contributed by atoms with Gasteiger partial charge >= 0.3 is 5.97 Å². The maximum Gasteiger partial charge on any atom is 0.339 e. The number of ether oxygens (including phenoxy) is 1. The number of hydrogen-bond donors (Lipinski definition) is 0. The third-order valence-electron chi connectivity index (χ3n) is 3.28. The molecule has 0 aliphatic rings. The topological polar surface area (TPSA) is 112 Å². The van der Waals surface area contributed by atoms with E-state index in [4.69, 9.17) is 10.3 Å². The van der Waals surface area contributed by atoms with Gasteiger partial charge in [0.1, 0.15) is 0 Å². The van der Waals surface area contributed by atoms with E-state index in [1.165, 1.54) is 24.3 Å². The van der Waals surface area contributed by atoms with E-state index in [1.54, 1.807) is 0 Å². The van der Waals surface area contributed by atoms with Crippen LogP contribution >= 0.6 is 0 Å². The molecule has 0 amide bonds. The molecule has 0 spiro atoms. The Morgan fingerprint density at radius 2 is 1.96 bits per heavy atom. The fraction of sp³-hybridized carbons (Fsp3) is 0.500. The van der Waals surface area contributed by atoms with Crippen LogP contribution in [0.25, 0.3) is 10.4 Å². The minimum atomic E-state index is -4.24. The number of rotatable bonds is 9. The first kappa shape index (κ1) is 19.0. The molecule has 1 rings (SSSR count). The quantitative estimate of drug-likeness (QED) is 0.225. The first-order valence-corrected chi connectivity index (χ1v) is 8.70. The van der Waals surface area contributed by atoms with Gasteiger partial charge in [-0.15, -0.1) is 0 Å². The van der Waals surface area contributed by atoms with E-state index in [-0.39, 0.29) is 17.1 Å². The predicted molar refractivity (Wildman–Crippen MR) is 85.5 cm³/mol. The van der Waals surface area contributed by atoms with Crippen molar-refractivity contribution in [2.24, 2.45) is 4.52 Å². The van der Waals surface area contributed by atoms with Crippen molar-refractivity contribution in [1.82, 2.24) is 4.90 Å². The minimum absolute atomic E-state index is 0.136.